The van der Waals surface area contributed by atoms with Gasteiger partial charge in [0.2, 0.25) is 0 Å². The number of benzene rings is 2. The second-order valence-electron chi connectivity index (χ2n) is 10.2. The Balaban J connectivity index is 1.26. The Hall–Kier alpha value is -3.71. The summed E-state index contributed by atoms with van der Waals surface area (Å²) in [5.41, 5.74) is 6.07. The van der Waals surface area contributed by atoms with Crippen LogP contribution in [-0.2, 0) is 20.0 Å². The first-order valence-electron chi connectivity index (χ1n) is 13.1. The minimum Gasteiger partial charge on any atom is -0.337 e. The predicted molar refractivity (Wildman–Crippen MR) is 146 cm³/mol. The molecular weight excluding hydrogens is 460 g/mol. The zero-order valence-electron chi connectivity index (χ0n) is 22.0. The minimum atomic E-state index is 0.0343. The second kappa shape index (κ2) is 11.1. The molecule has 1 fully saturated rings. The van der Waals surface area contributed by atoms with Gasteiger partial charge in [0.1, 0.15) is 5.69 Å². The van der Waals surface area contributed by atoms with E-state index in [0.29, 0.717) is 17.7 Å². The summed E-state index contributed by atoms with van der Waals surface area (Å²) >= 11 is 0. The molecule has 37 heavy (non-hydrogen) atoms. The Morgan fingerprint density at radius 1 is 1.08 bits per heavy atom. The van der Waals surface area contributed by atoms with Crippen LogP contribution in [0.3, 0.4) is 0 Å². The number of amides is 1. The number of aryl methyl sites for hydroxylation is 2. The number of rotatable bonds is 8. The van der Waals surface area contributed by atoms with Crippen molar-refractivity contribution in [1.82, 2.24) is 29.8 Å². The van der Waals surface area contributed by atoms with Gasteiger partial charge in [0.05, 0.1) is 11.4 Å². The number of carbonyl (C=O) groups is 1. The normalized spacial score (nSPS) is 15.3. The lowest BCUT2D eigenvalue weighted by Gasteiger charge is -2.40. The van der Waals surface area contributed by atoms with E-state index < -0.39 is 0 Å². The van der Waals surface area contributed by atoms with Crippen molar-refractivity contribution in [2.45, 2.75) is 38.8 Å². The number of likely N-dealkylation sites (N-methyl/N-ethyl adjacent to an activating group) is 1. The zero-order chi connectivity index (χ0) is 25.8. The van der Waals surface area contributed by atoms with Crippen LogP contribution in [0.1, 0.15) is 40.2 Å². The SMILES string of the molecule is Cc1nn(C)cc1CN(C)C(Cc1ccccc1)C1CCN(C(=O)c2cc(-c3ccccc3)n[nH]2)CC1. The van der Waals surface area contributed by atoms with Gasteiger partial charge in [-0.1, -0.05) is 60.7 Å². The number of piperidine rings is 1. The van der Waals surface area contributed by atoms with Crippen LogP contribution in [0.4, 0.5) is 0 Å². The van der Waals surface area contributed by atoms with Crippen molar-refractivity contribution in [2.75, 3.05) is 20.1 Å². The third kappa shape index (κ3) is 5.83. The number of aromatic amines is 1. The van der Waals surface area contributed by atoms with Gasteiger partial charge in [-0.3, -0.25) is 19.5 Å². The maximum absolute atomic E-state index is 13.3. The number of nitrogens with zero attached hydrogens (tertiary/aromatic N) is 5. The van der Waals surface area contributed by atoms with Crippen molar-refractivity contribution < 1.29 is 4.79 Å². The highest BCUT2D eigenvalue weighted by Crippen LogP contribution is 2.28. The number of hydrogen-bond acceptors (Lipinski definition) is 4. The number of H-pyrrole nitrogens is 1. The Morgan fingerprint density at radius 2 is 1.76 bits per heavy atom. The molecule has 0 saturated carbocycles. The van der Waals surface area contributed by atoms with E-state index in [2.05, 4.69) is 70.7 Å². The fourth-order valence-corrected chi connectivity index (χ4v) is 5.57. The van der Waals surface area contributed by atoms with Crippen LogP contribution in [0.5, 0.6) is 0 Å². The molecule has 0 bridgehead atoms. The fourth-order valence-electron chi connectivity index (χ4n) is 5.57. The summed E-state index contributed by atoms with van der Waals surface area (Å²) in [6.45, 7) is 4.47. The van der Waals surface area contributed by atoms with Crippen LogP contribution in [0.15, 0.2) is 72.9 Å². The van der Waals surface area contributed by atoms with Gasteiger partial charge in [0.25, 0.3) is 5.91 Å². The van der Waals surface area contributed by atoms with Gasteiger partial charge in [-0.25, -0.2) is 0 Å². The molecule has 5 rings (SSSR count). The van der Waals surface area contributed by atoms with E-state index in [1.165, 1.54) is 11.1 Å². The van der Waals surface area contributed by atoms with Gasteiger partial charge in [-0.2, -0.15) is 10.2 Å². The number of nitrogens with one attached hydrogen (secondary N) is 1. The Bertz CT molecular complexity index is 1300. The first kappa shape index (κ1) is 25.0. The van der Waals surface area contributed by atoms with Crippen LogP contribution in [0.2, 0.25) is 0 Å². The molecule has 192 valence electrons. The van der Waals surface area contributed by atoms with Crippen molar-refractivity contribution in [3.05, 3.63) is 95.4 Å². The fraction of sp³-hybridized carbons (Fsp3) is 0.367. The third-order valence-corrected chi connectivity index (χ3v) is 7.64. The van der Waals surface area contributed by atoms with Gasteiger partial charge < -0.3 is 4.90 Å². The quantitative estimate of drug-likeness (QED) is 0.383. The molecule has 1 unspecified atom stereocenters. The maximum atomic E-state index is 13.3. The van der Waals surface area contributed by atoms with E-state index in [0.717, 1.165) is 55.8 Å². The Kier molecular flexibility index (Phi) is 7.51. The summed E-state index contributed by atoms with van der Waals surface area (Å²) in [5.74, 6) is 0.542. The highest BCUT2D eigenvalue weighted by Gasteiger charge is 2.32. The molecule has 1 saturated heterocycles. The van der Waals surface area contributed by atoms with Crippen molar-refractivity contribution >= 4 is 5.91 Å². The van der Waals surface area contributed by atoms with Gasteiger partial charge in [-0.05, 0) is 50.8 Å². The molecule has 0 aliphatic carbocycles. The summed E-state index contributed by atoms with van der Waals surface area (Å²) in [4.78, 5) is 17.7. The molecule has 4 aromatic rings. The number of carbonyl (C=O) groups excluding carboxylic acids is 1. The van der Waals surface area contributed by atoms with E-state index in [1.54, 1.807) is 0 Å². The zero-order valence-corrected chi connectivity index (χ0v) is 22.0. The summed E-state index contributed by atoms with van der Waals surface area (Å²) in [6.07, 6.45) is 5.09. The van der Waals surface area contributed by atoms with Crippen molar-refractivity contribution in [3.8, 4) is 11.3 Å². The molecule has 0 spiro atoms. The van der Waals surface area contributed by atoms with E-state index in [4.69, 9.17) is 0 Å². The lowest BCUT2D eigenvalue weighted by Crippen LogP contribution is -2.46. The first-order chi connectivity index (χ1) is 18.0. The van der Waals surface area contributed by atoms with Crippen molar-refractivity contribution in [1.29, 1.82) is 0 Å². The molecule has 7 nitrogen and oxygen atoms in total. The highest BCUT2D eigenvalue weighted by atomic mass is 16.2. The number of hydrogen-bond donors (Lipinski definition) is 1. The van der Waals surface area contributed by atoms with E-state index in [9.17, 15) is 4.79 Å². The lowest BCUT2D eigenvalue weighted by molar-refractivity contribution is 0.0597. The van der Waals surface area contributed by atoms with E-state index in [1.807, 2.05) is 53.0 Å². The highest BCUT2D eigenvalue weighted by molar-refractivity contribution is 5.93. The number of likely N-dealkylation sites (tertiary alicyclic amines) is 1. The topological polar surface area (TPSA) is 70.1 Å². The van der Waals surface area contributed by atoms with Gasteiger partial charge in [-0.15, -0.1) is 0 Å². The van der Waals surface area contributed by atoms with Crippen LogP contribution < -0.4 is 0 Å². The van der Waals surface area contributed by atoms with Gasteiger partial charge in [0, 0.05) is 50.0 Å². The van der Waals surface area contributed by atoms with E-state index >= 15 is 0 Å². The predicted octanol–water partition coefficient (Wildman–Crippen LogP) is 4.71. The molecule has 3 heterocycles. The van der Waals surface area contributed by atoms with Crippen LogP contribution in [0.25, 0.3) is 11.3 Å². The molecule has 1 atom stereocenters. The molecular formula is C30H36N6O. The van der Waals surface area contributed by atoms with Crippen LogP contribution in [0, 0.1) is 12.8 Å². The number of aromatic nitrogens is 4. The Morgan fingerprint density at radius 3 is 2.41 bits per heavy atom. The largest absolute Gasteiger partial charge is 0.337 e. The third-order valence-electron chi connectivity index (χ3n) is 7.64. The summed E-state index contributed by atoms with van der Waals surface area (Å²) in [5, 5.41) is 11.9. The minimum absolute atomic E-state index is 0.0343. The second-order valence-corrected chi connectivity index (χ2v) is 10.2. The smallest absolute Gasteiger partial charge is 0.271 e. The van der Waals surface area contributed by atoms with E-state index in [-0.39, 0.29) is 5.91 Å². The molecule has 2 aromatic heterocycles. The molecule has 2 aromatic carbocycles. The molecule has 1 aliphatic rings. The molecule has 0 radical (unpaired) electrons. The maximum Gasteiger partial charge on any atom is 0.271 e. The summed E-state index contributed by atoms with van der Waals surface area (Å²) < 4.78 is 1.90. The average molecular weight is 497 g/mol. The van der Waals surface area contributed by atoms with Gasteiger partial charge in [0.15, 0.2) is 0 Å². The Labute approximate surface area is 219 Å². The molecule has 1 amide bonds. The molecule has 1 N–H and O–H groups in total. The molecule has 1 aliphatic heterocycles. The van der Waals surface area contributed by atoms with Crippen molar-refractivity contribution in [2.24, 2.45) is 13.0 Å². The summed E-state index contributed by atoms with van der Waals surface area (Å²) in [7, 11) is 4.21. The lowest BCUT2D eigenvalue weighted by atomic mass is 9.84. The average Bonchev–Trinajstić information content (AvgIpc) is 3.54. The summed E-state index contributed by atoms with van der Waals surface area (Å²) in [6, 6.07) is 23.0. The monoisotopic (exact) mass is 496 g/mol. The van der Waals surface area contributed by atoms with Crippen LogP contribution in [-0.4, -0.2) is 61.9 Å². The standard InChI is InChI=1S/C30H36N6O/c1-22-26(21-35(3)33-22)20-34(2)29(18-23-10-6-4-7-11-23)25-14-16-36(17-15-25)30(37)28-19-27(31-32-28)24-12-8-5-9-13-24/h4-13,19,21,25,29H,14-18,20H2,1-3H3,(H,31,32). The molecule has 7 heteroatoms. The van der Waals surface area contributed by atoms with Crippen LogP contribution >= 0.6 is 0 Å². The van der Waals surface area contributed by atoms with Gasteiger partial charge >= 0.3 is 0 Å². The van der Waals surface area contributed by atoms with Crippen molar-refractivity contribution in [3.63, 3.8) is 0 Å². The first-order valence-corrected chi connectivity index (χ1v) is 13.1.